The first-order valence-corrected chi connectivity index (χ1v) is 8.91. The zero-order valence-corrected chi connectivity index (χ0v) is 15.5. The Hall–Kier alpha value is -1.43. The average Bonchev–Trinajstić information content (AvgIpc) is 2.46. The molecular weight excluding hydrogens is 306 g/mol. The Labute approximate surface area is 142 Å². The van der Waals surface area contributed by atoms with E-state index in [0.29, 0.717) is 0 Å². The van der Waals surface area contributed by atoms with Gasteiger partial charge in [-0.2, -0.15) is 0 Å². The summed E-state index contributed by atoms with van der Waals surface area (Å²) in [4.78, 5) is 8.84. The Morgan fingerprint density at radius 3 is 2.43 bits per heavy atom. The fraction of sp³-hybridized carbons (Fsp3) is 0.444. The molecule has 2 heterocycles. The third kappa shape index (κ3) is 4.53. The summed E-state index contributed by atoms with van der Waals surface area (Å²) < 4.78 is 15.1. The number of hydrogen-bond donors (Lipinski definition) is 1. The van der Waals surface area contributed by atoms with Gasteiger partial charge in [0.05, 0.1) is 11.7 Å². The Morgan fingerprint density at radius 1 is 1.17 bits per heavy atom. The molecule has 0 amide bonds. The van der Waals surface area contributed by atoms with Gasteiger partial charge in [-0.1, -0.05) is 6.07 Å². The van der Waals surface area contributed by atoms with Gasteiger partial charge in [0.1, 0.15) is 4.75 Å². The highest BCUT2D eigenvalue weighted by Gasteiger charge is 2.28. The van der Waals surface area contributed by atoms with Gasteiger partial charge in [-0.15, -0.1) is 4.72 Å². The molecule has 2 atom stereocenters. The van der Waals surface area contributed by atoms with Crippen molar-refractivity contribution in [2.24, 2.45) is 0 Å². The summed E-state index contributed by atoms with van der Waals surface area (Å²) in [6.07, 6.45) is 3.66. The van der Waals surface area contributed by atoms with Crippen molar-refractivity contribution in [3.8, 4) is 11.3 Å². The van der Waals surface area contributed by atoms with Crippen LogP contribution in [0.5, 0.6) is 0 Å². The number of pyridine rings is 2. The monoisotopic (exact) mass is 331 g/mol. The highest BCUT2D eigenvalue weighted by molar-refractivity contribution is 7.90. The first-order valence-electron chi connectivity index (χ1n) is 7.76. The maximum absolute atomic E-state index is 12.2. The molecule has 5 heteroatoms. The van der Waals surface area contributed by atoms with E-state index in [1.165, 1.54) is 0 Å². The molecule has 0 aliphatic rings. The summed E-state index contributed by atoms with van der Waals surface area (Å²) in [6.45, 7) is 11.9. The molecule has 0 aliphatic heterocycles. The second kappa shape index (κ2) is 6.99. The van der Waals surface area contributed by atoms with Crippen LogP contribution in [0.25, 0.3) is 11.3 Å². The first kappa shape index (κ1) is 17.9. The van der Waals surface area contributed by atoms with E-state index in [1.54, 1.807) is 6.20 Å². The van der Waals surface area contributed by atoms with E-state index < -0.39 is 11.4 Å². The Morgan fingerprint density at radius 2 is 1.87 bits per heavy atom. The van der Waals surface area contributed by atoms with Crippen molar-refractivity contribution < 1.29 is 4.55 Å². The normalized spacial score (nSPS) is 14.6. The number of hydrogen-bond acceptors (Lipinski definition) is 4. The molecule has 2 unspecified atom stereocenters. The van der Waals surface area contributed by atoms with Crippen molar-refractivity contribution in [1.82, 2.24) is 14.7 Å². The van der Waals surface area contributed by atoms with E-state index in [2.05, 4.69) is 27.7 Å². The molecule has 4 nitrogen and oxygen atoms in total. The molecule has 23 heavy (non-hydrogen) atoms. The highest BCUT2D eigenvalue weighted by atomic mass is 32.2. The van der Waals surface area contributed by atoms with Crippen LogP contribution < -0.4 is 4.72 Å². The molecule has 0 fully saturated rings. The van der Waals surface area contributed by atoms with Gasteiger partial charge in [0, 0.05) is 35.0 Å². The van der Waals surface area contributed by atoms with E-state index in [4.69, 9.17) is 0 Å². The largest absolute Gasteiger partial charge is 0.598 e. The number of rotatable bonds is 4. The second-order valence-electron chi connectivity index (χ2n) is 6.84. The van der Waals surface area contributed by atoms with Gasteiger partial charge in [-0.05, 0) is 64.8 Å². The first-order chi connectivity index (χ1) is 10.7. The van der Waals surface area contributed by atoms with Crippen molar-refractivity contribution in [1.29, 1.82) is 0 Å². The van der Waals surface area contributed by atoms with Crippen molar-refractivity contribution >= 4 is 11.4 Å². The standard InChI is InChI=1S/C18H25N3OS/c1-12-9-16(14(3)21-23(22)18(4,5)6)11-20-17(12)15-7-8-19-13(2)10-15/h7-11,14,21H,1-6H3. The Bertz CT molecular complexity index is 682. The molecular formula is C18H25N3OS. The topological polar surface area (TPSA) is 60.9 Å². The third-order valence-electron chi connectivity index (χ3n) is 3.61. The van der Waals surface area contributed by atoms with Crippen LogP contribution in [0.1, 0.15) is 50.6 Å². The smallest absolute Gasteiger partial charge is 0.136 e. The Kier molecular flexibility index (Phi) is 5.45. The van der Waals surface area contributed by atoms with Gasteiger partial charge in [0.15, 0.2) is 0 Å². The molecule has 0 bridgehead atoms. The SMILES string of the molecule is Cc1cc(-c2ncc(C(C)N[S+]([O-])C(C)(C)C)cc2C)ccn1. The fourth-order valence-corrected chi connectivity index (χ4v) is 3.04. The van der Waals surface area contributed by atoms with E-state index in [-0.39, 0.29) is 10.8 Å². The maximum atomic E-state index is 12.2. The average molecular weight is 331 g/mol. The summed E-state index contributed by atoms with van der Waals surface area (Å²) in [5.74, 6) is 0. The molecule has 2 aromatic heterocycles. The van der Waals surface area contributed by atoms with Crippen LogP contribution in [0.2, 0.25) is 0 Å². The molecule has 2 aromatic rings. The van der Waals surface area contributed by atoms with Gasteiger partial charge in [0.2, 0.25) is 0 Å². The molecule has 0 saturated heterocycles. The summed E-state index contributed by atoms with van der Waals surface area (Å²) in [5.41, 5.74) is 5.14. The second-order valence-corrected chi connectivity index (χ2v) is 8.84. The summed E-state index contributed by atoms with van der Waals surface area (Å²) in [5, 5.41) is 0. The van der Waals surface area contributed by atoms with E-state index in [1.807, 2.05) is 52.9 Å². The summed E-state index contributed by atoms with van der Waals surface area (Å²) >= 11 is -1.10. The molecule has 0 aliphatic carbocycles. The van der Waals surface area contributed by atoms with Crippen LogP contribution in [-0.2, 0) is 11.4 Å². The van der Waals surface area contributed by atoms with Crippen LogP contribution in [0, 0.1) is 13.8 Å². The zero-order chi connectivity index (χ0) is 17.2. The van der Waals surface area contributed by atoms with Crippen LogP contribution in [0.3, 0.4) is 0 Å². The maximum Gasteiger partial charge on any atom is 0.136 e. The molecule has 124 valence electrons. The van der Waals surface area contributed by atoms with Gasteiger partial charge < -0.3 is 4.55 Å². The lowest BCUT2D eigenvalue weighted by Crippen LogP contribution is -2.40. The predicted molar refractivity (Wildman–Crippen MR) is 96.4 cm³/mol. The third-order valence-corrected chi connectivity index (χ3v) is 5.29. The Balaban J connectivity index is 2.22. The van der Waals surface area contributed by atoms with E-state index in [9.17, 15) is 4.55 Å². The van der Waals surface area contributed by atoms with Crippen LogP contribution in [0.4, 0.5) is 0 Å². The fourth-order valence-electron chi connectivity index (χ4n) is 2.23. The minimum Gasteiger partial charge on any atom is -0.598 e. The lowest BCUT2D eigenvalue weighted by molar-refractivity contribution is 0.531. The zero-order valence-electron chi connectivity index (χ0n) is 14.7. The van der Waals surface area contributed by atoms with Gasteiger partial charge >= 0.3 is 0 Å². The number of aromatic nitrogens is 2. The lowest BCUT2D eigenvalue weighted by atomic mass is 10.0. The van der Waals surface area contributed by atoms with Gasteiger partial charge in [-0.25, -0.2) is 0 Å². The lowest BCUT2D eigenvalue weighted by Gasteiger charge is -2.26. The summed E-state index contributed by atoms with van der Waals surface area (Å²) in [7, 11) is 0. The number of nitrogens with one attached hydrogen (secondary N) is 1. The summed E-state index contributed by atoms with van der Waals surface area (Å²) in [6, 6.07) is 6.09. The van der Waals surface area contributed by atoms with Crippen LogP contribution in [-0.4, -0.2) is 19.3 Å². The molecule has 0 spiro atoms. The molecule has 1 N–H and O–H groups in total. The van der Waals surface area contributed by atoms with Gasteiger partial charge in [-0.3, -0.25) is 9.97 Å². The molecule has 2 rings (SSSR count). The van der Waals surface area contributed by atoms with Crippen molar-refractivity contribution in [2.75, 3.05) is 0 Å². The number of nitrogens with zero attached hydrogens (tertiary/aromatic N) is 2. The highest BCUT2D eigenvalue weighted by Crippen LogP contribution is 2.25. The van der Waals surface area contributed by atoms with Crippen LogP contribution >= 0.6 is 0 Å². The van der Waals surface area contributed by atoms with E-state index >= 15 is 0 Å². The minimum atomic E-state index is -1.10. The molecule has 0 aromatic carbocycles. The predicted octanol–water partition coefficient (Wildman–Crippen LogP) is 3.87. The van der Waals surface area contributed by atoms with Crippen molar-refractivity contribution in [3.05, 3.63) is 47.4 Å². The molecule has 0 radical (unpaired) electrons. The van der Waals surface area contributed by atoms with Crippen molar-refractivity contribution in [3.63, 3.8) is 0 Å². The van der Waals surface area contributed by atoms with E-state index in [0.717, 1.165) is 28.1 Å². The quantitative estimate of drug-likeness (QED) is 0.864. The van der Waals surface area contributed by atoms with Gasteiger partial charge in [0.25, 0.3) is 0 Å². The van der Waals surface area contributed by atoms with Crippen molar-refractivity contribution in [2.45, 2.75) is 52.3 Å². The minimum absolute atomic E-state index is 0.0190. The van der Waals surface area contributed by atoms with Crippen LogP contribution in [0.15, 0.2) is 30.6 Å². The number of aryl methyl sites for hydroxylation is 2. The molecule has 0 saturated carbocycles.